The van der Waals surface area contributed by atoms with Gasteiger partial charge in [0, 0.05) is 39.3 Å². The van der Waals surface area contributed by atoms with Gasteiger partial charge in [0.15, 0.2) is 0 Å². The van der Waals surface area contributed by atoms with Gasteiger partial charge in [-0.2, -0.15) is 0 Å². The third kappa shape index (κ3) is 6.33. The highest BCUT2D eigenvalue weighted by Crippen LogP contribution is 2.01. The summed E-state index contributed by atoms with van der Waals surface area (Å²) in [6.07, 6.45) is 0. The molecule has 0 spiro atoms. The summed E-state index contributed by atoms with van der Waals surface area (Å²) < 4.78 is 10.3. The topological polar surface area (TPSA) is 33.7 Å². The highest BCUT2D eigenvalue weighted by atomic mass is 35.5. The summed E-state index contributed by atoms with van der Waals surface area (Å²) in [4.78, 5) is 2.46. The van der Waals surface area contributed by atoms with Gasteiger partial charge in [0.25, 0.3) is 0 Å². The van der Waals surface area contributed by atoms with Crippen LogP contribution in [0.4, 0.5) is 0 Å². The minimum Gasteiger partial charge on any atom is -0.382 e. The minimum atomic E-state index is 0. The zero-order chi connectivity index (χ0) is 10.2. The summed E-state index contributed by atoms with van der Waals surface area (Å²) in [7, 11) is 1.70. The van der Waals surface area contributed by atoms with E-state index in [0.29, 0.717) is 19.3 Å². The van der Waals surface area contributed by atoms with E-state index in [1.165, 1.54) is 0 Å². The molecule has 1 aliphatic heterocycles. The summed E-state index contributed by atoms with van der Waals surface area (Å²) in [6, 6.07) is 0.634. The van der Waals surface area contributed by atoms with E-state index >= 15 is 0 Å². The zero-order valence-corrected chi connectivity index (χ0v) is 10.5. The number of hydrogen-bond acceptors (Lipinski definition) is 4. The van der Waals surface area contributed by atoms with Crippen molar-refractivity contribution in [2.45, 2.75) is 13.0 Å². The lowest BCUT2D eigenvalue weighted by atomic mass is 10.2. The van der Waals surface area contributed by atoms with Crippen molar-refractivity contribution in [2.24, 2.45) is 0 Å². The van der Waals surface area contributed by atoms with Crippen LogP contribution in [0.3, 0.4) is 0 Å². The Morgan fingerprint density at radius 3 is 2.80 bits per heavy atom. The molecule has 1 N–H and O–H groups in total. The molecule has 15 heavy (non-hydrogen) atoms. The Labute approximate surface area is 98.7 Å². The molecule has 1 fully saturated rings. The van der Waals surface area contributed by atoms with Crippen LogP contribution in [0, 0.1) is 0 Å². The van der Waals surface area contributed by atoms with Gasteiger partial charge in [-0.15, -0.1) is 12.4 Å². The standard InChI is InChI=1S/C10H22N2O2.ClH/c1-10-9-11-3-4-12(10)5-6-14-8-7-13-2;/h10-11H,3-9H2,1-2H3;1H. The van der Waals surface area contributed by atoms with Crippen molar-refractivity contribution >= 4 is 12.4 Å². The Bertz CT molecular complexity index is 149. The first-order chi connectivity index (χ1) is 6.84. The molecule has 0 aromatic rings. The molecule has 92 valence electrons. The number of rotatable bonds is 6. The Kier molecular flexibility index (Phi) is 9.44. The van der Waals surface area contributed by atoms with Crippen molar-refractivity contribution in [1.29, 1.82) is 0 Å². The molecule has 0 saturated carbocycles. The Morgan fingerprint density at radius 1 is 1.33 bits per heavy atom. The van der Waals surface area contributed by atoms with Crippen molar-refractivity contribution in [3.63, 3.8) is 0 Å². The summed E-state index contributed by atoms with van der Waals surface area (Å²) >= 11 is 0. The van der Waals surface area contributed by atoms with Crippen LogP contribution in [0.1, 0.15) is 6.92 Å². The normalized spacial score (nSPS) is 22.4. The number of nitrogens with one attached hydrogen (secondary N) is 1. The molecule has 1 atom stereocenters. The van der Waals surface area contributed by atoms with Gasteiger partial charge in [0.1, 0.15) is 0 Å². The van der Waals surface area contributed by atoms with Crippen LogP contribution in [0.5, 0.6) is 0 Å². The van der Waals surface area contributed by atoms with Crippen LogP contribution >= 0.6 is 12.4 Å². The maximum absolute atomic E-state index is 5.44. The molecule has 1 unspecified atom stereocenters. The number of ether oxygens (including phenoxy) is 2. The predicted octanol–water partition coefficient (Wildman–Crippen LogP) is 0.365. The van der Waals surface area contributed by atoms with Crippen molar-refractivity contribution in [1.82, 2.24) is 10.2 Å². The van der Waals surface area contributed by atoms with Gasteiger partial charge in [-0.3, -0.25) is 4.90 Å². The Morgan fingerprint density at radius 2 is 2.13 bits per heavy atom. The number of methoxy groups -OCH3 is 1. The van der Waals surface area contributed by atoms with Gasteiger partial charge < -0.3 is 14.8 Å². The van der Waals surface area contributed by atoms with Crippen molar-refractivity contribution in [3.8, 4) is 0 Å². The molecule has 5 heteroatoms. The minimum absolute atomic E-state index is 0. The van der Waals surface area contributed by atoms with Crippen molar-refractivity contribution in [2.75, 3.05) is 53.1 Å². The van der Waals surface area contributed by atoms with E-state index in [2.05, 4.69) is 17.1 Å². The number of hydrogen-bond donors (Lipinski definition) is 1. The van der Waals surface area contributed by atoms with E-state index in [0.717, 1.165) is 32.8 Å². The smallest absolute Gasteiger partial charge is 0.0700 e. The highest BCUT2D eigenvalue weighted by Gasteiger charge is 2.16. The maximum Gasteiger partial charge on any atom is 0.0700 e. The van der Waals surface area contributed by atoms with E-state index in [4.69, 9.17) is 9.47 Å². The van der Waals surface area contributed by atoms with Gasteiger partial charge in [-0.25, -0.2) is 0 Å². The van der Waals surface area contributed by atoms with E-state index < -0.39 is 0 Å². The van der Waals surface area contributed by atoms with Crippen molar-refractivity contribution < 1.29 is 9.47 Å². The quantitative estimate of drug-likeness (QED) is 0.678. The second-order valence-electron chi connectivity index (χ2n) is 3.69. The Balaban J connectivity index is 0.00000196. The third-order valence-corrected chi connectivity index (χ3v) is 2.59. The molecule has 1 aliphatic rings. The molecule has 4 nitrogen and oxygen atoms in total. The fourth-order valence-electron chi connectivity index (χ4n) is 1.64. The van der Waals surface area contributed by atoms with Crippen LogP contribution in [0.15, 0.2) is 0 Å². The van der Waals surface area contributed by atoms with E-state index in [1.54, 1.807) is 7.11 Å². The first kappa shape index (κ1) is 15.1. The van der Waals surface area contributed by atoms with Gasteiger partial charge in [-0.1, -0.05) is 0 Å². The Hall–Kier alpha value is 0.130. The molecular weight excluding hydrogens is 216 g/mol. The van der Waals surface area contributed by atoms with Crippen LogP contribution in [0.2, 0.25) is 0 Å². The summed E-state index contributed by atoms with van der Waals surface area (Å²) in [5.41, 5.74) is 0. The third-order valence-electron chi connectivity index (χ3n) is 2.59. The summed E-state index contributed by atoms with van der Waals surface area (Å²) in [6.45, 7) is 8.82. The molecule has 0 aliphatic carbocycles. The number of halogens is 1. The fourth-order valence-corrected chi connectivity index (χ4v) is 1.64. The first-order valence-electron chi connectivity index (χ1n) is 5.36. The largest absolute Gasteiger partial charge is 0.382 e. The highest BCUT2D eigenvalue weighted by molar-refractivity contribution is 5.85. The van der Waals surface area contributed by atoms with Crippen LogP contribution < -0.4 is 5.32 Å². The lowest BCUT2D eigenvalue weighted by molar-refractivity contribution is 0.0471. The monoisotopic (exact) mass is 238 g/mol. The number of nitrogens with zero attached hydrogens (tertiary/aromatic N) is 1. The average Bonchev–Trinajstić information content (AvgIpc) is 2.20. The van der Waals surface area contributed by atoms with Gasteiger partial charge in [-0.05, 0) is 6.92 Å². The second-order valence-corrected chi connectivity index (χ2v) is 3.69. The molecule has 1 saturated heterocycles. The van der Waals surface area contributed by atoms with E-state index in [-0.39, 0.29) is 12.4 Å². The second kappa shape index (κ2) is 9.36. The first-order valence-corrected chi connectivity index (χ1v) is 5.36. The van der Waals surface area contributed by atoms with Crippen molar-refractivity contribution in [3.05, 3.63) is 0 Å². The molecule has 0 aromatic carbocycles. The van der Waals surface area contributed by atoms with Gasteiger partial charge in [0.05, 0.1) is 19.8 Å². The molecule has 0 amide bonds. The van der Waals surface area contributed by atoms with Gasteiger partial charge >= 0.3 is 0 Å². The molecule has 0 aromatic heterocycles. The molecule has 1 rings (SSSR count). The van der Waals surface area contributed by atoms with E-state index in [9.17, 15) is 0 Å². The summed E-state index contributed by atoms with van der Waals surface area (Å²) in [5.74, 6) is 0. The molecular formula is C10H23ClN2O2. The lowest BCUT2D eigenvalue weighted by Gasteiger charge is -2.33. The van der Waals surface area contributed by atoms with Gasteiger partial charge in [0.2, 0.25) is 0 Å². The molecule has 0 bridgehead atoms. The summed E-state index contributed by atoms with van der Waals surface area (Å²) in [5, 5.41) is 3.37. The molecule has 1 heterocycles. The lowest BCUT2D eigenvalue weighted by Crippen LogP contribution is -2.50. The maximum atomic E-state index is 5.44. The van der Waals surface area contributed by atoms with Crippen LogP contribution in [-0.4, -0.2) is 64.1 Å². The SMILES string of the molecule is COCCOCCN1CCNCC1C.Cl. The molecule has 0 radical (unpaired) electrons. The fraction of sp³-hybridized carbons (Fsp3) is 1.00. The average molecular weight is 239 g/mol. The van der Waals surface area contributed by atoms with E-state index in [1.807, 2.05) is 0 Å². The van der Waals surface area contributed by atoms with Crippen LogP contribution in [-0.2, 0) is 9.47 Å². The number of piperazine rings is 1. The van der Waals surface area contributed by atoms with Crippen LogP contribution in [0.25, 0.3) is 0 Å². The zero-order valence-electron chi connectivity index (χ0n) is 9.70. The predicted molar refractivity (Wildman–Crippen MR) is 63.8 cm³/mol.